The number of nitrogens with one attached hydrogen (secondary N) is 1. The van der Waals surface area contributed by atoms with E-state index in [2.05, 4.69) is 10.5 Å². The first-order valence-corrected chi connectivity index (χ1v) is 12.0. The van der Waals surface area contributed by atoms with Crippen molar-refractivity contribution in [3.05, 3.63) is 68.4 Å². The third kappa shape index (κ3) is 5.18. The number of oxime groups is 1. The summed E-state index contributed by atoms with van der Waals surface area (Å²) in [6.45, 7) is -0.460. The Hall–Kier alpha value is -2.54. The number of rotatable bonds is 7. The molecule has 1 saturated heterocycles. The Kier molecular flexibility index (Phi) is 7.65. The van der Waals surface area contributed by atoms with Crippen LogP contribution in [0.1, 0.15) is 33.5 Å². The molecule has 2 atom stereocenters. The zero-order valence-corrected chi connectivity index (χ0v) is 21.2. The Labute approximate surface area is 223 Å². The van der Waals surface area contributed by atoms with Gasteiger partial charge in [0.05, 0.1) is 22.3 Å². The number of halogens is 8. The molecule has 1 amide bonds. The summed E-state index contributed by atoms with van der Waals surface area (Å²) in [5.74, 6) is -1.65. The molecule has 6 nitrogen and oxygen atoms in total. The van der Waals surface area contributed by atoms with Gasteiger partial charge in [-0.2, -0.15) is 13.2 Å². The molecule has 14 heteroatoms. The number of likely N-dealkylation sites (tertiary alicyclic amines) is 1. The molecule has 2 aliphatic rings. The van der Waals surface area contributed by atoms with Crippen LogP contribution in [0.3, 0.4) is 0 Å². The molecule has 0 spiro atoms. The molecular weight excluding hydrogens is 563 g/mol. The van der Waals surface area contributed by atoms with Crippen molar-refractivity contribution in [3.8, 4) is 0 Å². The molecule has 4 rings (SSSR count). The van der Waals surface area contributed by atoms with Crippen LogP contribution in [0.5, 0.6) is 0 Å². The van der Waals surface area contributed by atoms with Crippen LogP contribution in [0.4, 0.5) is 26.3 Å². The largest absolute Gasteiger partial charge is 0.435 e. The Morgan fingerprint density at radius 3 is 2.42 bits per heavy atom. The summed E-state index contributed by atoms with van der Waals surface area (Å²) in [4.78, 5) is 18.8. The van der Waals surface area contributed by atoms with E-state index in [9.17, 15) is 36.2 Å². The Morgan fingerprint density at radius 2 is 1.87 bits per heavy atom. The van der Waals surface area contributed by atoms with Crippen molar-refractivity contribution in [3.63, 3.8) is 0 Å². The molecule has 1 fully saturated rings. The number of hydrogen-bond acceptors (Lipinski definition) is 5. The highest BCUT2D eigenvalue weighted by atomic mass is 35.5. The van der Waals surface area contributed by atoms with Gasteiger partial charge in [-0.05, 0) is 42.3 Å². The van der Waals surface area contributed by atoms with E-state index in [1.165, 1.54) is 23.1 Å². The summed E-state index contributed by atoms with van der Waals surface area (Å²) >= 11 is 11.4. The molecule has 0 aliphatic carbocycles. The number of aryl methyl sites for hydroxylation is 1. The average molecular weight is 584 g/mol. The SMILES string of the molecule is Cc1cc(C2=NOC(c3cc(Cl)c(F)c(Cl)c3)(C(F)(F)F)C2)ccc1C(=O)NCC(O)N1CC(F)(CF)C1. The lowest BCUT2D eigenvalue weighted by Crippen LogP contribution is -2.65. The summed E-state index contributed by atoms with van der Waals surface area (Å²) in [6, 6.07) is 5.76. The standard InChI is InChI=1S/C24H21Cl2F6N3O3/c1-12-4-13(2-3-15(12)21(37)33-8-19(36)35-10-22(29,9-27)11-35)18-7-23(38-34-18,24(30,31)32)14-5-16(25)20(28)17(26)6-14/h2-6,19,36H,7-11H2,1H3,(H,33,37). The maximum atomic E-state index is 14.2. The number of aliphatic hydroxyl groups excluding tert-OH is 1. The van der Waals surface area contributed by atoms with E-state index >= 15 is 0 Å². The van der Waals surface area contributed by atoms with Crippen LogP contribution >= 0.6 is 23.2 Å². The fraction of sp³-hybridized carbons (Fsp3) is 0.417. The minimum Gasteiger partial charge on any atom is -0.376 e. The second-order valence-corrected chi connectivity index (χ2v) is 10.1. The molecule has 2 heterocycles. The second-order valence-electron chi connectivity index (χ2n) is 9.29. The van der Waals surface area contributed by atoms with Crippen molar-refractivity contribution >= 4 is 34.8 Å². The van der Waals surface area contributed by atoms with Crippen LogP contribution in [0, 0.1) is 12.7 Å². The molecule has 2 aromatic carbocycles. The fourth-order valence-corrected chi connectivity index (χ4v) is 4.82. The van der Waals surface area contributed by atoms with Crippen molar-refractivity contribution in [2.24, 2.45) is 5.16 Å². The maximum Gasteiger partial charge on any atom is 0.435 e. The number of benzene rings is 2. The van der Waals surface area contributed by atoms with E-state index in [0.29, 0.717) is 5.56 Å². The van der Waals surface area contributed by atoms with Crippen molar-refractivity contribution in [2.45, 2.75) is 37.0 Å². The smallest absolute Gasteiger partial charge is 0.376 e. The third-order valence-electron chi connectivity index (χ3n) is 6.52. The van der Waals surface area contributed by atoms with Gasteiger partial charge in [0.15, 0.2) is 11.5 Å². The Morgan fingerprint density at radius 1 is 1.24 bits per heavy atom. The van der Waals surface area contributed by atoms with Crippen LogP contribution < -0.4 is 5.32 Å². The number of carbonyl (C=O) groups excluding carboxylic acids is 1. The lowest BCUT2D eigenvalue weighted by atomic mass is 9.86. The van der Waals surface area contributed by atoms with Gasteiger partial charge in [0, 0.05) is 30.6 Å². The first kappa shape index (κ1) is 28.5. The molecule has 0 radical (unpaired) electrons. The normalized spacial score (nSPS) is 21.9. The minimum absolute atomic E-state index is 0.0790. The summed E-state index contributed by atoms with van der Waals surface area (Å²) in [7, 11) is 0. The highest BCUT2D eigenvalue weighted by Gasteiger charge is 2.62. The molecule has 0 bridgehead atoms. The van der Waals surface area contributed by atoms with Crippen molar-refractivity contribution in [2.75, 3.05) is 26.3 Å². The van der Waals surface area contributed by atoms with Gasteiger partial charge in [-0.1, -0.05) is 34.4 Å². The second kappa shape index (κ2) is 10.2. The van der Waals surface area contributed by atoms with E-state index in [1.54, 1.807) is 6.92 Å². The lowest BCUT2D eigenvalue weighted by molar-refractivity contribution is -0.275. The van der Waals surface area contributed by atoms with Crippen molar-refractivity contribution in [1.82, 2.24) is 10.2 Å². The zero-order valence-electron chi connectivity index (χ0n) is 19.7. The van der Waals surface area contributed by atoms with E-state index in [1.807, 2.05) is 0 Å². The summed E-state index contributed by atoms with van der Waals surface area (Å²) in [5.41, 5.74) is -4.75. The number of amides is 1. The summed E-state index contributed by atoms with van der Waals surface area (Å²) in [6.07, 6.45) is -6.96. The van der Waals surface area contributed by atoms with Gasteiger partial charge in [0.25, 0.3) is 11.5 Å². The fourth-order valence-electron chi connectivity index (χ4n) is 4.33. The minimum atomic E-state index is -4.97. The van der Waals surface area contributed by atoms with E-state index in [4.69, 9.17) is 28.0 Å². The number of aliphatic hydroxyl groups is 1. The van der Waals surface area contributed by atoms with Gasteiger partial charge in [-0.25, -0.2) is 13.2 Å². The monoisotopic (exact) mass is 583 g/mol. The number of alkyl halides is 5. The average Bonchev–Trinajstić information content (AvgIpc) is 3.30. The summed E-state index contributed by atoms with van der Waals surface area (Å²) in [5, 5.41) is 15.0. The predicted octanol–water partition coefficient (Wildman–Crippen LogP) is 5.06. The number of carbonyl (C=O) groups is 1. The highest BCUT2D eigenvalue weighted by molar-refractivity contribution is 6.35. The molecule has 206 valence electrons. The first-order valence-electron chi connectivity index (χ1n) is 11.2. The maximum absolute atomic E-state index is 14.2. The molecule has 0 aromatic heterocycles. The van der Waals surface area contributed by atoms with E-state index < -0.39 is 64.1 Å². The number of hydrogen-bond donors (Lipinski definition) is 2. The zero-order chi connectivity index (χ0) is 28.0. The summed E-state index contributed by atoms with van der Waals surface area (Å²) < 4.78 is 82.7. The van der Waals surface area contributed by atoms with Gasteiger partial charge in [0.2, 0.25) is 0 Å². The Bertz CT molecular complexity index is 1260. The van der Waals surface area contributed by atoms with Crippen molar-refractivity contribution < 1.29 is 41.1 Å². The number of nitrogens with zero attached hydrogens (tertiary/aromatic N) is 2. The third-order valence-corrected chi connectivity index (χ3v) is 7.07. The quantitative estimate of drug-likeness (QED) is 0.353. The highest BCUT2D eigenvalue weighted by Crippen LogP contribution is 2.50. The van der Waals surface area contributed by atoms with Gasteiger partial charge in [-0.3, -0.25) is 9.69 Å². The van der Waals surface area contributed by atoms with Gasteiger partial charge in [-0.15, -0.1) is 0 Å². The molecule has 2 unspecified atom stereocenters. The molecule has 2 aromatic rings. The molecule has 2 N–H and O–H groups in total. The predicted molar refractivity (Wildman–Crippen MR) is 127 cm³/mol. The molecular formula is C24H21Cl2F6N3O3. The van der Waals surface area contributed by atoms with Crippen LogP contribution in [-0.2, 0) is 10.4 Å². The van der Waals surface area contributed by atoms with Crippen LogP contribution in [0.2, 0.25) is 10.0 Å². The van der Waals surface area contributed by atoms with Gasteiger partial charge >= 0.3 is 6.18 Å². The van der Waals surface area contributed by atoms with Crippen LogP contribution in [0.15, 0.2) is 35.5 Å². The Balaban J connectivity index is 1.47. The van der Waals surface area contributed by atoms with Gasteiger partial charge < -0.3 is 15.3 Å². The molecule has 38 heavy (non-hydrogen) atoms. The first-order chi connectivity index (χ1) is 17.7. The topological polar surface area (TPSA) is 74.2 Å². The molecule has 0 saturated carbocycles. The molecule has 2 aliphatic heterocycles. The van der Waals surface area contributed by atoms with Gasteiger partial charge in [0.1, 0.15) is 12.9 Å². The van der Waals surface area contributed by atoms with Crippen LogP contribution in [-0.4, -0.2) is 66.0 Å². The van der Waals surface area contributed by atoms with Crippen molar-refractivity contribution in [1.29, 1.82) is 0 Å². The van der Waals surface area contributed by atoms with E-state index in [-0.39, 0.29) is 36.5 Å². The van der Waals surface area contributed by atoms with E-state index in [0.717, 1.165) is 12.1 Å². The lowest BCUT2D eigenvalue weighted by Gasteiger charge is -2.45. The van der Waals surface area contributed by atoms with Crippen LogP contribution in [0.25, 0.3) is 0 Å².